The van der Waals surface area contributed by atoms with Crippen molar-refractivity contribution in [2.24, 2.45) is 5.73 Å². The van der Waals surface area contributed by atoms with Gasteiger partial charge >= 0.3 is 0 Å². The molecular weight excluding hydrogens is 129 g/mol. The normalized spacial score (nSPS) is 14.3. The lowest BCUT2D eigenvalue weighted by molar-refractivity contribution is 0.267. The molecule has 0 amide bonds. The van der Waals surface area contributed by atoms with E-state index in [1.807, 2.05) is 0 Å². The highest BCUT2D eigenvalue weighted by Gasteiger charge is 2.17. The Kier molecular flexibility index (Phi) is 3.38. The summed E-state index contributed by atoms with van der Waals surface area (Å²) in [6.45, 7) is 3.58. The molecule has 0 spiro atoms. The minimum absolute atomic E-state index is 0.167. The van der Waals surface area contributed by atoms with E-state index in [2.05, 4.69) is 5.92 Å². The predicted molar refractivity (Wildman–Crippen MR) is 41.2 cm³/mol. The fraction of sp³-hybridized carbons (Fsp3) is 0.750. The second kappa shape index (κ2) is 3.58. The van der Waals surface area contributed by atoms with Crippen LogP contribution in [0.3, 0.4) is 0 Å². The second-order valence-electron chi connectivity index (χ2n) is 3.20. The summed E-state index contributed by atoms with van der Waals surface area (Å²) in [5.41, 5.74) is 5.11. The van der Waals surface area contributed by atoms with Crippen molar-refractivity contribution in [2.75, 3.05) is 0 Å². The Morgan fingerprint density at radius 2 is 2.20 bits per heavy atom. The van der Waals surface area contributed by atoms with Crippen molar-refractivity contribution in [1.29, 1.82) is 0 Å². The first-order valence-corrected chi connectivity index (χ1v) is 3.32. The van der Waals surface area contributed by atoms with Crippen molar-refractivity contribution in [3.05, 3.63) is 0 Å². The van der Waals surface area contributed by atoms with Crippen molar-refractivity contribution in [3.63, 3.8) is 0 Å². The molecule has 1 atom stereocenters. The van der Waals surface area contributed by atoms with E-state index in [9.17, 15) is 4.39 Å². The molecule has 10 heavy (non-hydrogen) atoms. The van der Waals surface area contributed by atoms with Gasteiger partial charge in [-0.1, -0.05) is 0 Å². The standard InChI is InChI=1S/C8H14FN/c1-4-5-7(9)6-8(2,3)10/h1,7H,5-6,10H2,2-3H3. The van der Waals surface area contributed by atoms with Crippen LogP contribution < -0.4 is 5.73 Å². The molecule has 0 fully saturated rings. The molecule has 0 aliphatic carbocycles. The first-order valence-electron chi connectivity index (χ1n) is 3.32. The number of nitrogens with two attached hydrogens (primary N) is 1. The van der Waals surface area contributed by atoms with Crippen LogP contribution in [-0.2, 0) is 0 Å². The predicted octanol–water partition coefficient (Wildman–Crippen LogP) is 1.48. The smallest absolute Gasteiger partial charge is 0.113 e. The molecule has 0 aromatic heterocycles. The minimum atomic E-state index is -0.954. The van der Waals surface area contributed by atoms with E-state index >= 15 is 0 Å². The van der Waals surface area contributed by atoms with E-state index < -0.39 is 11.7 Å². The van der Waals surface area contributed by atoms with Crippen LogP contribution in [0.25, 0.3) is 0 Å². The average Bonchev–Trinajstić information content (AvgIpc) is 1.59. The van der Waals surface area contributed by atoms with Crippen molar-refractivity contribution >= 4 is 0 Å². The zero-order valence-electron chi connectivity index (χ0n) is 6.52. The third kappa shape index (κ3) is 5.58. The minimum Gasteiger partial charge on any atom is -0.325 e. The van der Waals surface area contributed by atoms with Crippen molar-refractivity contribution in [3.8, 4) is 12.3 Å². The lowest BCUT2D eigenvalue weighted by atomic mass is 9.98. The first kappa shape index (κ1) is 9.45. The Balaban J connectivity index is 3.60. The van der Waals surface area contributed by atoms with E-state index in [0.29, 0.717) is 6.42 Å². The van der Waals surface area contributed by atoms with Crippen LogP contribution >= 0.6 is 0 Å². The number of hydrogen-bond acceptors (Lipinski definition) is 1. The third-order valence-electron chi connectivity index (χ3n) is 1.09. The van der Waals surface area contributed by atoms with Crippen LogP contribution in [0.15, 0.2) is 0 Å². The quantitative estimate of drug-likeness (QED) is 0.595. The molecule has 2 heteroatoms. The fourth-order valence-electron chi connectivity index (χ4n) is 0.771. The molecule has 0 radical (unpaired) electrons. The lowest BCUT2D eigenvalue weighted by Gasteiger charge is -2.19. The summed E-state index contributed by atoms with van der Waals surface area (Å²) in [4.78, 5) is 0. The number of terminal acetylenes is 1. The maximum absolute atomic E-state index is 12.7. The summed E-state index contributed by atoms with van der Waals surface area (Å²) in [5, 5.41) is 0. The highest BCUT2D eigenvalue weighted by molar-refractivity contribution is 4.89. The molecular formula is C8H14FN. The molecule has 1 unspecified atom stereocenters. The molecule has 58 valence electrons. The molecule has 0 bridgehead atoms. The summed E-state index contributed by atoms with van der Waals surface area (Å²) in [6, 6.07) is 0. The highest BCUT2D eigenvalue weighted by atomic mass is 19.1. The molecule has 0 aliphatic heterocycles. The van der Waals surface area contributed by atoms with Crippen LogP contribution in [0.1, 0.15) is 26.7 Å². The molecule has 1 nitrogen and oxygen atoms in total. The molecule has 0 saturated carbocycles. The monoisotopic (exact) mass is 143 g/mol. The van der Waals surface area contributed by atoms with E-state index in [1.165, 1.54) is 0 Å². The summed E-state index contributed by atoms with van der Waals surface area (Å²) in [6.07, 6.45) is 4.46. The summed E-state index contributed by atoms with van der Waals surface area (Å²) in [7, 11) is 0. The van der Waals surface area contributed by atoms with Crippen LogP contribution in [0.2, 0.25) is 0 Å². The van der Waals surface area contributed by atoms with Gasteiger partial charge in [0.25, 0.3) is 0 Å². The van der Waals surface area contributed by atoms with E-state index in [0.717, 1.165) is 0 Å². The fourth-order valence-corrected chi connectivity index (χ4v) is 0.771. The van der Waals surface area contributed by atoms with Gasteiger partial charge in [0.05, 0.1) is 0 Å². The maximum Gasteiger partial charge on any atom is 0.113 e. The van der Waals surface area contributed by atoms with Crippen molar-refractivity contribution < 1.29 is 4.39 Å². The van der Waals surface area contributed by atoms with Gasteiger partial charge in [0, 0.05) is 12.0 Å². The second-order valence-corrected chi connectivity index (χ2v) is 3.20. The molecule has 2 N–H and O–H groups in total. The molecule has 0 rings (SSSR count). The Labute approximate surface area is 61.8 Å². The Bertz CT molecular complexity index is 129. The summed E-state index contributed by atoms with van der Waals surface area (Å²) >= 11 is 0. The van der Waals surface area contributed by atoms with Gasteiger partial charge in [0.1, 0.15) is 6.17 Å². The van der Waals surface area contributed by atoms with E-state index in [4.69, 9.17) is 12.2 Å². The SMILES string of the molecule is C#CCC(F)CC(C)(C)N. The molecule has 0 aromatic rings. The Morgan fingerprint density at radius 3 is 2.50 bits per heavy atom. The van der Waals surface area contributed by atoms with Gasteiger partial charge < -0.3 is 5.73 Å². The number of hydrogen-bond donors (Lipinski definition) is 1. The lowest BCUT2D eigenvalue weighted by Crippen LogP contribution is -2.34. The van der Waals surface area contributed by atoms with Gasteiger partial charge in [-0.15, -0.1) is 12.3 Å². The Hall–Kier alpha value is -0.550. The summed E-state index contributed by atoms with van der Waals surface area (Å²) < 4.78 is 12.7. The first-order chi connectivity index (χ1) is 4.45. The zero-order valence-corrected chi connectivity index (χ0v) is 6.52. The van der Waals surface area contributed by atoms with Gasteiger partial charge in [-0.25, -0.2) is 4.39 Å². The Morgan fingerprint density at radius 1 is 1.70 bits per heavy atom. The van der Waals surface area contributed by atoms with Crippen LogP contribution in [0.4, 0.5) is 4.39 Å². The summed E-state index contributed by atoms with van der Waals surface area (Å²) in [5.74, 6) is 2.26. The molecule has 0 aromatic carbocycles. The van der Waals surface area contributed by atoms with E-state index in [1.54, 1.807) is 13.8 Å². The van der Waals surface area contributed by atoms with Crippen molar-refractivity contribution in [1.82, 2.24) is 0 Å². The third-order valence-corrected chi connectivity index (χ3v) is 1.09. The number of rotatable bonds is 3. The maximum atomic E-state index is 12.7. The molecule has 0 aliphatic rings. The van der Waals surface area contributed by atoms with Gasteiger partial charge in [0.15, 0.2) is 0 Å². The van der Waals surface area contributed by atoms with Crippen LogP contribution in [-0.4, -0.2) is 11.7 Å². The van der Waals surface area contributed by atoms with Crippen LogP contribution in [0, 0.1) is 12.3 Å². The largest absolute Gasteiger partial charge is 0.325 e. The topological polar surface area (TPSA) is 26.0 Å². The van der Waals surface area contributed by atoms with E-state index in [-0.39, 0.29) is 6.42 Å². The highest BCUT2D eigenvalue weighted by Crippen LogP contribution is 2.12. The van der Waals surface area contributed by atoms with Crippen LogP contribution in [0.5, 0.6) is 0 Å². The zero-order chi connectivity index (χ0) is 8.20. The van der Waals surface area contributed by atoms with Gasteiger partial charge in [-0.2, -0.15) is 0 Å². The van der Waals surface area contributed by atoms with Gasteiger partial charge in [0.2, 0.25) is 0 Å². The number of halogens is 1. The number of alkyl halides is 1. The van der Waals surface area contributed by atoms with Crippen molar-refractivity contribution in [2.45, 2.75) is 38.4 Å². The van der Waals surface area contributed by atoms with Gasteiger partial charge in [-0.3, -0.25) is 0 Å². The molecule has 0 saturated heterocycles. The average molecular weight is 143 g/mol. The van der Waals surface area contributed by atoms with Gasteiger partial charge in [-0.05, 0) is 20.3 Å². The molecule has 0 heterocycles.